The number of benzene rings is 1. The van der Waals surface area contributed by atoms with Crippen LogP contribution in [0.4, 0.5) is 0 Å². The van der Waals surface area contributed by atoms with Crippen molar-refractivity contribution >= 4 is 15.9 Å². The minimum absolute atomic E-state index is 0.174. The number of aryl methyl sites for hydroxylation is 1. The summed E-state index contributed by atoms with van der Waals surface area (Å²) in [6.45, 7) is 3.42. The van der Waals surface area contributed by atoms with Gasteiger partial charge >= 0.3 is 0 Å². The van der Waals surface area contributed by atoms with Crippen LogP contribution in [0, 0.1) is 6.92 Å². The lowest BCUT2D eigenvalue weighted by Gasteiger charge is -2.10. The number of aliphatic hydroxyl groups excluding tert-OH is 1. The molecule has 3 heteroatoms. The molecule has 0 aliphatic heterocycles. The first-order valence-electron chi connectivity index (χ1n) is 3.69. The number of hydrogen-bond acceptors (Lipinski definition) is 2. The molecule has 0 aromatic heterocycles. The molecule has 0 radical (unpaired) electrons. The average molecular weight is 231 g/mol. The molecule has 66 valence electrons. The Kier molecular flexibility index (Phi) is 2.75. The molecule has 0 heterocycles. The fraction of sp³-hybridized carbons (Fsp3) is 0.333. The molecule has 0 saturated carbocycles. The SMILES string of the molecule is Cc1cc(Br)cc(C(C)O)c1O. The number of aliphatic hydroxyl groups is 1. The maximum atomic E-state index is 9.51. The topological polar surface area (TPSA) is 40.5 Å². The molecule has 0 amide bonds. The molecule has 1 atom stereocenters. The third-order valence-electron chi connectivity index (χ3n) is 1.74. The fourth-order valence-corrected chi connectivity index (χ4v) is 1.67. The maximum Gasteiger partial charge on any atom is 0.124 e. The Balaban J connectivity index is 3.28. The zero-order valence-electron chi connectivity index (χ0n) is 7.00. The van der Waals surface area contributed by atoms with Crippen LogP contribution in [0.15, 0.2) is 16.6 Å². The number of phenolic OH excluding ortho intramolecular Hbond substituents is 1. The second kappa shape index (κ2) is 3.46. The Morgan fingerprint density at radius 1 is 1.42 bits per heavy atom. The van der Waals surface area contributed by atoms with Crippen molar-refractivity contribution in [3.05, 3.63) is 27.7 Å². The Labute approximate surface area is 80.0 Å². The minimum atomic E-state index is -0.638. The zero-order chi connectivity index (χ0) is 9.30. The second-order valence-corrected chi connectivity index (χ2v) is 3.75. The van der Waals surface area contributed by atoms with E-state index in [2.05, 4.69) is 15.9 Å². The van der Waals surface area contributed by atoms with Gasteiger partial charge in [-0.25, -0.2) is 0 Å². The van der Waals surface area contributed by atoms with E-state index in [1.54, 1.807) is 26.0 Å². The van der Waals surface area contributed by atoms with Crippen molar-refractivity contribution in [2.24, 2.45) is 0 Å². The number of halogens is 1. The molecule has 1 aromatic rings. The molecule has 0 fully saturated rings. The molecular weight excluding hydrogens is 220 g/mol. The molecule has 0 saturated heterocycles. The van der Waals surface area contributed by atoms with E-state index in [1.165, 1.54) is 0 Å². The summed E-state index contributed by atoms with van der Waals surface area (Å²) in [5, 5.41) is 18.8. The van der Waals surface area contributed by atoms with Crippen LogP contribution in [-0.2, 0) is 0 Å². The molecule has 1 aromatic carbocycles. The first-order chi connectivity index (χ1) is 5.52. The van der Waals surface area contributed by atoms with Crippen LogP contribution in [0.3, 0.4) is 0 Å². The van der Waals surface area contributed by atoms with Gasteiger partial charge in [0, 0.05) is 10.0 Å². The van der Waals surface area contributed by atoms with E-state index in [0.29, 0.717) is 5.56 Å². The largest absolute Gasteiger partial charge is 0.507 e. The van der Waals surface area contributed by atoms with Crippen molar-refractivity contribution in [1.29, 1.82) is 0 Å². The highest BCUT2D eigenvalue weighted by atomic mass is 79.9. The van der Waals surface area contributed by atoms with Crippen molar-refractivity contribution < 1.29 is 10.2 Å². The van der Waals surface area contributed by atoms with E-state index in [1.807, 2.05) is 0 Å². The van der Waals surface area contributed by atoms with E-state index in [-0.39, 0.29) is 5.75 Å². The lowest BCUT2D eigenvalue weighted by atomic mass is 10.1. The van der Waals surface area contributed by atoms with Crippen molar-refractivity contribution in [2.75, 3.05) is 0 Å². The summed E-state index contributed by atoms with van der Waals surface area (Å²) in [4.78, 5) is 0. The monoisotopic (exact) mass is 230 g/mol. The van der Waals surface area contributed by atoms with Crippen LogP contribution in [0.25, 0.3) is 0 Å². The first-order valence-corrected chi connectivity index (χ1v) is 4.48. The number of aromatic hydroxyl groups is 1. The molecule has 1 rings (SSSR count). The van der Waals surface area contributed by atoms with Gasteiger partial charge in [-0.2, -0.15) is 0 Å². The standard InChI is InChI=1S/C9H11BrO2/c1-5-3-7(10)4-8(6(2)11)9(5)12/h3-4,6,11-12H,1-2H3. The quantitative estimate of drug-likeness (QED) is 0.779. The summed E-state index contributed by atoms with van der Waals surface area (Å²) >= 11 is 3.29. The van der Waals surface area contributed by atoms with E-state index < -0.39 is 6.10 Å². The summed E-state index contributed by atoms with van der Waals surface area (Å²) in [6.07, 6.45) is -0.638. The molecule has 0 aliphatic carbocycles. The molecule has 1 unspecified atom stereocenters. The summed E-state index contributed by atoms with van der Waals surface area (Å²) in [6, 6.07) is 3.52. The normalized spacial score (nSPS) is 13.0. The third kappa shape index (κ3) is 1.79. The van der Waals surface area contributed by atoms with Crippen LogP contribution in [0.2, 0.25) is 0 Å². The van der Waals surface area contributed by atoms with Gasteiger partial charge in [0.25, 0.3) is 0 Å². The maximum absolute atomic E-state index is 9.51. The van der Waals surface area contributed by atoms with Crippen molar-refractivity contribution in [2.45, 2.75) is 20.0 Å². The summed E-state index contributed by atoms with van der Waals surface area (Å²) in [5.74, 6) is 0.174. The number of phenols is 1. The smallest absolute Gasteiger partial charge is 0.124 e. The van der Waals surface area contributed by atoms with Gasteiger partial charge in [-0.1, -0.05) is 15.9 Å². The van der Waals surface area contributed by atoms with Gasteiger partial charge in [-0.15, -0.1) is 0 Å². The summed E-state index contributed by atoms with van der Waals surface area (Å²) in [7, 11) is 0. The van der Waals surface area contributed by atoms with Crippen LogP contribution in [0.1, 0.15) is 24.2 Å². The lowest BCUT2D eigenvalue weighted by Crippen LogP contribution is -1.93. The van der Waals surface area contributed by atoms with Gasteiger partial charge in [0.05, 0.1) is 6.10 Å². The van der Waals surface area contributed by atoms with Crippen molar-refractivity contribution in [3.63, 3.8) is 0 Å². The Morgan fingerprint density at radius 2 is 2.00 bits per heavy atom. The zero-order valence-corrected chi connectivity index (χ0v) is 8.59. The minimum Gasteiger partial charge on any atom is -0.507 e. The Morgan fingerprint density at radius 3 is 2.50 bits per heavy atom. The van der Waals surface area contributed by atoms with Crippen LogP contribution in [-0.4, -0.2) is 10.2 Å². The number of rotatable bonds is 1. The molecule has 2 N–H and O–H groups in total. The van der Waals surface area contributed by atoms with Gasteiger partial charge in [0.15, 0.2) is 0 Å². The van der Waals surface area contributed by atoms with Gasteiger partial charge in [0.1, 0.15) is 5.75 Å². The van der Waals surface area contributed by atoms with Crippen molar-refractivity contribution in [3.8, 4) is 5.75 Å². The molecule has 12 heavy (non-hydrogen) atoms. The van der Waals surface area contributed by atoms with E-state index in [9.17, 15) is 10.2 Å². The van der Waals surface area contributed by atoms with Crippen LogP contribution >= 0.6 is 15.9 Å². The predicted octanol–water partition coefficient (Wildman–Crippen LogP) is 2.52. The first kappa shape index (κ1) is 9.55. The molecule has 0 bridgehead atoms. The predicted molar refractivity (Wildman–Crippen MR) is 51.2 cm³/mol. The van der Waals surface area contributed by atoms with Gasteiger partial charge < -0.3 is 10.2 Å². The molecular formula is C9H11BrO2. The Hall–Kier alpha value is -0.540. The molecule has 2 nitrogen and oxygen atoms in total. The van der Waals surface area contributed by atoms with Gasteiger partial charge in [-0.3, -0.25) is 0 Å². The molecule has 0 aliphatic rings. The summed E-state index contributed by atoms with van der Waals surface area (Å²) in [5.41, 5.74) is 1.32. The second-order valence-electron chi connectivity index (χ2n) is 2.84. The van der Waals surface area contributed by atoms with Crippen molar-refractivity contribution in [1.82, 2.24) is 0 Å². The van der Waals surface area contributed by atoms with Crippen LogP contribution in [0.5, 0.6) is 5.75 Å². The van der Waals surface area contributed by atoms with E-state index >= 15 is 0 Å². The number of hydrogen-bond donors (Lipinski definition) is 2. The Bertz CT molecular complexity index is 295. The highest BCUT2D eigenvalue weighted by molar-refractivity contribution is 9.10. The van der Waals surface area contributed by atoms with E-state index in [0.717, 1.165) is 10.0 Å². The van der Waals surface area contributed by atoms with Crippen LogP contribution < -0.4 is 0 Å². The van der Waals surface area contributed by atoms with E-state index in [4.69, 9.17) is 0 Å². The average Bonchev–Trinajstić information content (AvgIpc) is 1.96. The summed E-state index contributed by atoms with van der Waals surface area (Å²) < 4.78 is 0.869. The third-order valence-corrected chi connectivity index (χ3v) is 2.20. The highest BCUT2D eigenvalue weighted by Gasteiger charge is 2.09. The fourth-order valence-electron chi connectivity index (χ4n) is 1.08. The highest BCUT2D eigenvalue weighted by Crippen LogP contribution is 2.30. The van der Waals surface area contributed by atoms with Gasteiger partial charge in [0.2, 0.25) is 0 Å². The lowest BCUT2D eigenvalue weighted by molar-refractivity contribution is 0.194. The molecule has 0 spiro atoms. The van der Waals surface area contributed by atoms with Gasteiger partial charge in [-0.05, 0) is 31.5 Å².